The molecule has 0 spiro atoms. The summed E-state index contributed by atoms with van der Waals surface area (Å²) in [6.45, 7) is 3.78. The fourth-order valence-electron chi connectivity index (χ4n) is 4.40. The van der Waals surface area contributed by atoms with Gasteiger partial charge in [-0.2, -0.15) is 5.10 Å². The van der Waals surface area contributed by atoms with Crippen LogP contribution in [0.25, 0.3) is 16.5 Å². The maximum atomic E-state index is 13.7. The molecule has 5 rings (SSSR count). The normalized spacial score (nSPS) is 15.6. The second-order valence-corrected chi connectivity index (χ2v) is 8.25. The van der Waals surface area contributed by atoms with Gasteiger partial charge in [0.05, 0.1) is 17.3 Å². The molecule has 1 aliphatic rings. The van der Waals surface area contributed by atoms with Crippen molar-refractivity contribution < 1.29 is 9.59 Å². The molecule has 1 aliphatic heterocycles. The number of fused-ring (bicyclic) bond motifs is 2. The van der Waals surface area contributed by atoms with E-state index in [0.29, 0.717) is 22.1 Å². The largest absolute Gasteiger partial charge is 0.310 e. The van der Waals surface area contributed by atoms with Crippen molar-refractivity contribution in [2.24, 2.45) is 0 Å². The van der Waals surface area contributed by atoms with Crippen LogP contribution in [0.2, 0.25) is 5.02 Å². The summed E-state index contributed by atoms with van der Waals surface area (Å²) in [5.41, 5.74) is 3.72. The van der Waals surface area contributed by atoms with Gasteiger partial charge in [-0.15, -0.1) is 0 Å². The van der Waals surface area contributed by atoms with Crippen LogP contribution in [0, 0.1) is 13.8 Å². The Balaban J connectivity index is 1.67. The van der Waals surface area contributed by atoms with Crippen LogP contribution < -0.4 is 5.32 Å². The molecule has 0 aliphatic carbocycles. The van der Waals surface area contributed by atoms with Crippen LogP contribution in [0.5, 0.6) is 0 Å². The van der Waals surface area contributed by atoms with Crippen LogP contribution in [0.4, 0.5) is 5.82 Å². The Kier molecular flexibility index (Phi) is 4.63. The highest BCUT2D eigenvalue weighted by atomic mass is 35.5. The molecule has 1 amide bonds. The third kappa shape index (κ3) is 3.13. The Morgan fingerprint density at radius 1 is 1.06 bits per heavy atom. The Bertz CT molecular complexity index is 1370. The molecule has 4 aromatic rings. The standard InChI is InChI=1S/C25H20ClN3O2/c1-14-20(26)11-6-12-21(14)29-25-23(15(2)28-29)19(13-22(30)27-25)24(31)18-10-5-8-16-7-3-4-9-17(16)18/h3-12,19H,13H2,1-2H3,(H,27,30)/t19-/m1/s1. The fourth-order valence-corrected chi connectivity index (χ4v) is 4.57. The molecule has 1 atom stereocenters. The van der Waals surface area contributed by atoms with Gasteiger partial charge in [-0.1, -0.05) is 60.1 Å². The molecule has 31 heavy (non-hydrogen) atoms. The maximum absolute atomic E-state index is 13.7. The summed E-state index contributed by atoms with van der Waals surface area (Å²) in [5, 5.41) is 10.1. The van der Waals surface area contributed by atoms with Gasteiger partial charge in [-0.25, -0.2) is 4.68 Å². The monoisotopic (exact) mass is 429 g/mol. The number of benzene rings is 3. The minimum absolute atomic E-state index is 0.0710. The molecular formula is C25H20ClN3O2. The van der Waals surface area contributed by atoms with Crippen molar-refractivity contribution in [2.75, 3.05) is 5.32 Å². The van der Waals surface area contributed by atoms with E-state index in [9.17, 15) is 9.59 Å². The number of aromatic nitrogens is 2. The molecule has 1 aromatic heterocycles. The molecule has 154 valence electrons. The molecule has 2 heterocycles. The number of nitrogens with zero attached hydrogens (tertiary/aromatic N) is 2. The lowest BCUT2D eigenvalue weighted by Gasteiger charge is -2.24. The van der Waals surface area contributed by atoms with Crippen molar-refractivity contribution in [3.63, 3.8) is 0 Å². The molecule has 3 aromatic carbocycles. The number of carbonyl (C=O) groups excluding carboxylic acids is 2. The number of aryl methyl sites for hydroxylation is 1. The van der Waals surface area contributed by atoms with E-state index in [1.807, 2.05) is 74.5 Å². The Morgan fingerprint density at radius 2 is 1.81 bits per heavy atom. The van der Waals surface area contributed by atoms with Crippen molar-refractivity contribution in [3.8, 4) is 5.69 Å². The van der Waals surface area contributed by atoms with E-state index in [1.54, 1.807) is 4.68 Å². The number of hydrogen-bond donors (Lipinski definition) is 1. The van der Waals surface area contributed by atoms with E-state index in [0.717, 1.165) is 27.6 Å². The van der Waals surface area contributed by atoms with Crippen LogP contribution in [0.3, 0.4) is 0 Å². The number of anilines is 1. The summed E-state index contributed by atoms with van der Waals surface area (Å²) in [5.74, 6) is -0.328. The summed E-state index contributed by atoms with van der Waals surface area (Å²) in [6.07, 6.45) is 0.0934. The van der Waals surface area contributed by atoms with Crippen molar-refractivity contribution in [1.29, 1.82) is 0 Å². The first-order valence-electron chi connectivity index (χ1n) is 10.1. The van der Waals surface area contributed by atoms with Gasteiger partial charge < -0.3 is 5.32 Å². The van der Waals surface area contributed by atoms with E-state index in [4.69, 9.17) is 11.6 Å². The fraction of sp³-hybridized carbons (Fsp3) is 0.160. The van der Waals surface area contributed by atoms with Crippen LogP contribution in [0.15, 0.2) is 60.7 Å². The van der Waals surface area contributed by atoms with Crippen LogP contribution in [-0.2, 0) is 4.79 Å². The average molecular weight is 430 g/mol. The maximum Gasteiger partial charge on any atom is 0.226 e. The molecule has 0 radical (unpaired) electrons. The second kappa shape index (κ2) is 7.36. The van der Waals surface area contributed by atoms with Crippen LogP contribution in [-0.4, -0.2) is 21.5 Å². The van der Waals surface area contributed by atoms with Gasteiger partial charge in [0.15, 0.2) is 5.78 Å². The lowest BCUT2D eigenvalue weighted by atomic mass is 9.84. The molecule has 0 saturated heterocycles. The van der Waals surface area contributed by atoms with Crippen molar-refractivity contribution in [1.82, 2.24) is 9.78 Å². The number of halogens is 1. The quantitative estimate of drug-likeness (QED) is 0.431. The smallest absolute Gasteiger partial charge is 0.226 e. The topological polar surface area (TPSA) is 64.0 Å². The minimum Gasteiger partial charge on any atom is -0.310 e. The molecule has 6 heteroatoms. The van der Waals surface area contributed by atoms with Crippen molar-refractivity contribution >= 4 is 39.9 Å². The summed E-state index contributed by atoms with van der Waals surface area (Å²) in [7, 11) is 0. The van der Waals surface area contributed by atoms with E-state index < -0.39 is 5.92 Å². The molecular weight excluding hydrogens is 410 g/mol. The SMILES string of the molecule is Cc1nn(-c2cccc(Cl)c2C)c2c1[C@H](C(=O)c1cccc3ccccc13)CC(=O)N2. The van der Waals surface area contributed by atoms with E-state index in [1.165, 1.54) is 0 Å². The van der Waals surface area contributed by atoms with E-state index in [-0.39, 0.29) is 18.1 Å². The molecule has 0 bridgehead atoms. The van der Waals surface area contributed by atoms with Gasteiger partial charge in [0.2, 0.25) is 5.91 Å². The number of hydrogen-bond acceptors (Lipinski definition) is 3. The highest BCUT2D eigenvalue weighted by molar-refractivity contribution is 6.31. The molecule has 5 nitrogen and oxygen atoms in total. The Hall–Kier alpha value is -3.44. The zero-order valence-electron chi connectivity index (χ0n) is 17.1. The minimum atomic E-state index is -0.595. The predicted molar refractivity (Wildman–Crippen MR) is 122 cm³/mol. The summed E-state index contributed by atoms with van der Waals surface area (Å²) >= 11 is 6.31. The number of Topliss-reactive ketones (excluding diaryl/α,β-unsaturated/α-hetero) is 1. The highest BCUT2D eigenvalue weighted by Crippen LogP contribution is 2.40. The van der Waals surface area contributed by atoms with Crippen LogP contribution in [0.1, 0.15) is 39.5 Å². The van der Waals surface area contributed by atoms with Gasteiger partial charge in [0, 0.05) is 22.6 Å². The molecule has 0 unspecified atom stereocenters. The number of ketones is 1. The molecule has 0 saturated carbocycles. The van der Waals surface area contributed by atoms with Gasteiger partial charge >= 0.3 is 0 Å². The third-order valence-electron chi connectivity index (χ3n) is 5.94. The van der Waals surface area contributed by atoms with Gasteiger partial charge in [-0.3, -0.25) is 9.59 Å². The average Bonchev–Trinajstić information content (AvgIpc) is 3.10. The zero-order valence-corrected chi connectivity index (χ0v) is 17.9. The lowest BCUT2D eigenvalue weighted by molar-refractivity contribution is -0.116. The Morgan fingerprint density at radius 3 is 2.65 bits per heavy atom. The van der Waals surface area contributed by atoms with Crippen molar-refractivity contribution in [3.05, 3.63) is 88.1 Å². The number of carbonyl (C=O) groups is 2. The first-order chi connectivity index (χ1) is 15.0. The first kappa shape index (κ1) is 19.5. The third-order valence-corrected chi connectivity index (χ3v) is 6.35. The lowest BCUT2D eigenvalue weighted by Crippen LogP contribution is -2.28. The Labute approximate surface area is 184 Å². The summed E-state index contributed by atoms with van der Waals surface area (Å²) in [6, 6.07) is 19.0. The summed E-state index contributed by atoms with van der Waals surface area (Å²) < 4.78 is 1.69. The number of rotatable bonds is 3. The number of nitrogens with one attached hydrogen (secondary N) is 1. The van der Waals surface area contributed by atoms with Crippen molar-refractivity contribution in [2.45, 2.75) is 26.2 Å². The summed E-state index contributed by atoms with van der Waals surface area (Å²) in [4.78, 5) is 26.4. The predicted octanol–water partition coefficient (Wildman–Crippen LogP) is 5.60. The van der Waals surface area contributed by atoms with Gasteiger partial charge in [-0.05, 0) is 42.3 Å². The molecule has 0 fully saturated rings. The number of amides is 1. The van der Waals surface area contributed by atoms with E-state index >= 15 is 0 Å². The molecule has 1 N–H and O–H groups in total. The van der Waals surface area contributed by atoms with Gasteiger partial charge in [0.25, 0.3) is 0 Å². The highest BCUT2D eigenvalue weighted by Gasteiger charge is 2.37. The first-order valence-corrected chi connectivity index (χ1v) is 10.5. The van der Waals surface area contributed by atoms with Gasteiger partial charge in [0.1, 0.15) is 5.82 Å². The van der Waals surface area contributed by atoms with Crippen LogP contribution >= 0.6 is 11.6 Å². The van der Waals surface area contributed by atoms with E-state index in [2.05, 4.69) is 10.4 Å². The zero-order chi connectivity index (χ0) is 21.7. The second-order valence-electron chi connectivity index (χ2n) is 7.84.